The van der Waals surface area contributed by atoms with Gasteiger partial charge in [-0.1, -0.05) is 0 Å². The van der Waals surface area contributed by atoms with E-state index in [4.69, 9.17) is 14.2 Å². The quantitative estimate of drug-likeness (QED) is 0.674. The molecule has 1 saturated heterocycles. The molecule has 0 atom stereocenters. The number of hydrogen-bond acceptors (Lipinski definition) is 9. The van der Waals surface area contributed by atoms with Crippen LogP contribution in [0.4, 0.5) is 11.8 Å². The van der Waals surface area contributed by atoms with Gasteiger partial charge in [-0.2, -0.15) is 5.10 Å². The molecule has 1 aliphatic heterocycles. The van der Waals surface area contributed by atoms with Crippen LogP contribution < -0.4 is 24.4 Å². The van der Waals surface area contributed by atoms with Crippen molar-refractivity contribution < 1.29 is 14.2 Å². The second kappa shape index (κ2) is 8.34. The lowest BCUT2D eigenvalue weighted by Crippen LogP contribution is -2.40. The van der Waals surface area contributed by atoms with Crippen molar-refractivity contribution in [2.24, 2.45) is 0 Å². The summed E-state index contributed by atoms with van der Waals surface area (Å²) in [5.41, 5.74) is 0. The molecule has 9 nitrogen and oxygen atoms in total. The number of nitrogens with zero attached hydrogens (tertiary/aromatic N) is 5. The molecule has 1 aromatic carbocycles. The van der Waals surface area contributed by atoms with Crippen LogP contribution in [-0.2, 0) is 0 Å². The summed E-state index contributed by atoms with van der Waals surface area (Å²) in [4.78, 5) is 10.7. The molecule has 4 rings (SSSR count). The molecule has 1 fully saturated rings. The van der Waals surface area contributed by atoms with Gasteiger partial charge in [-0.15, -0.1) is 5.10 Å². The molecular formula is C20H24N6O3. The smallest absolute Gasteiger partial charge is 0.222 e. The van der Waals surface area contributed by atoms with E-state index in [9.17, 15) is 0 Å². The van der Waals surface area contributed by atoms with E-state index in [0.29, 0.717) is 29.2 Å². The van der Waals surface area contributed by atoms with E-state index >= 15 is 0 Å². The number of methoxy groups -OCH3 is 3. The molecule has 3 aromatic rings. The third kappa shape index (κ3) is 3.67. The molecule has 2 aromatic heterocycles. The van der Waals surface area contributed by atoms with Crippen molar-refractivity contribution in [2.45, 2.75) is 18.9 Å². The molecule has 9 heteroatoms. The summed E-state index contributed by atoms with van der Waals surface area (Å²) in [6.07, 6.45) is 7.07. The Morgan fingerprint density at radius 2 is 1.69 bits per heavy atom. The monoisotopic (exact) mass is 396 g/mol. The van der Waals surface area contributed by atoms with Gasteiger partial charge < -0.3 is 24.4 Å². The van der Waals surface area contributed by atoms with Crippen molar-refractivity contribution in [2.75, 3.05) is 44.6 Å². The molecule has 1 N–H and O–H groups in total. The number of ether oxygens (including phenoxy) is 3. The van der Waals surface area contributed by atoms with Crippen molar-refractivity contribution >= 4 is 22.5 Å². The lowest BCUT2D eigenvalue weighted by atomic mass is 10.0. The number of benzene rings is 1. The van der Waals surface area contributed by atoms with E-state index < -0.39 is 0 Å². The van der Waals surface area contributed by atoms with Crippen molar-refractivity contribution in [3.63, 3.8) is 0 Å². The predicted octanol–water partition coefficient (Wildman–Crippen LogP) is 2.53. The normalized spacial score (nSPS) is 14.7. The number of fused-ring (bicyclic) bond motifs is 1. The van der Waals surface area contributed by atoms with E-state index in [-0.39, 0.29) is 0 Å². The van der Waals surface area contributed by atoms with Crippen molar-refractivity contribution in [1.29, 1.82) is 0 Å². The zero-order valence-corrected chi connectivity index (χ0v) is 16.8. The van der Waals surface area contributed by atoms with Crippen LogP contribution in [0.25, 0.3) is 10.8 Å². The van der Waals surface area contributed by atoms with E-state index in [1.54, 1.807) is 39.9 Å². The zero-order chi connectivity index (χ0) is 20.2. The van der Waals surface area contributed by atoms with Gasteiger partial charge in [0.2, 0.25) is 11.7 Å². The average molecular weight is 396 g/mol. The Labute approximate surface area is 169 Å². The molecule has 0 aliphatic carbocycles. The summed E-state index contributed by atoms with van der Waals surface area (Å²) in [7, 11) is 4.82. The number of hydrogen-bond donors (Lipinski definition) is 1. The molecule has 152 valence electrons. The molecule has 29 heavy (non-hydrogen) atoms. The van der Waals surface area contributed by atoms with Crippen LogP contribution in [0.5, 0.6) is 17.2 Å². The maximum Gasteiger partial charge on any atom is 0.222 e. The van der Waals surface area contributed by atoms with Crippen molar-refractivity contribution in [1.82, 2.24) is 20.2 Å². The van der Waals surface area contributed by atoms with Crippen LogP contribution in [-0.4, -0.2) is 60.6 Å². The fraction of sp³-hybridized carbons (Fsp3) is 0.400. The molecule has 0 radical (unpaired) electrons. The molecule has 0 bridgehead atoms. The van der Waals surface area contributed by atoms with Crippen LogP contribution in [0.2, 0.25) is 0 Å². The lowest BCUT2D eigenvalue weighted by molar-refractivity contribution is 0.327. The molecule has 0 saturated carbocycles. The Morgan fingerprint density at radius 3 is 2.34 bits per heavy atom. The summed E-state index contributed by atoms with van der Waals surface area (Å²) in [6.45, 7) is 1.68. The number of rotatable bonds is 6. The van der Waals surface area contributed by atoms with Gasteiger partial charge in [-0.05, 0) is 25.0 Å². The molecule has 1 aliphatic rings. The number of anilines is 2. The summed E-state index contributed by atoms with van der Waals surface area (Å²) >= 11 is 0. The maximum atomic E-state index is 5.60. The van der Waals surface area contributed by atoms with Crippen LogP contribution >= 0.6 is 0 Å². The highest BCUT2D eigenvalue weighted by Crippen LogP contribution is 2.45. The van der Waals surface area contributed by atoms with E-state index in [1.807, 2.05) is 12.1 Å². The van der Waals surface area contributed by atoms with Crippen molar-refractivity contribution in [3.8, 4) is 17.2 Å². The minimum Gasteiger partial charge on any atom is -0.493 e. The Balaban J connectivity index is 1.60. The van der Waals surface area contributed by atoms with Crippen LogP contribution in [0, 0.1) is 0 Å². The highest BCUT2D eigenvalue weighted by atomic mass is 16.5. The first kappa shape index (κ1) is 19.0. The highest BCUT2D eigenvalue weighted by Gasteiger charge is 2.25. The second-order valence-electron chi connectivity index (χ2n) is 6.75. The van der Waals surface area contributed by atoms with Gasteiger partial charge in [-0.3, -0.25) is 0 Å². The minimum absolute atomic E-state index is 0.320. The fourth-order valence-corrected chi connectivity index (χ4v) is 3.71. The molecule has 3 heterocycles. The summed E-state index contributed by atoms with van der Waals surface area (Å²) in [5, 5.41) is 13.8. The number of nitrogens with one attached hydrogen (secondary N) is 1. The summed E-state index contributed by atoms with van der Waals surface area (Å²) in [5.74, 6) is 3.22. The Morgan fingerprint density at radius 1 is 0.966 bits per heavy atom. The SMILES string of the molecule is COc1cc2c(N3CCC(Nc4ncccn4)CC3)nncc2c(OC)c1OC. The largest absolute Gasteiger partial charge is 0.493 e. The van der Waals surface area contributed by atoms with Gasteiger partial charge >= 0.3 is 0 Å². The Hall–Kier alpha value is -3.36. The zero-order valence-electron chi connectivity index (χ0n) is 16.8. The first-order valence-electron chi connectivity index (χ1n) is 9.48. The summed E-state index contributed by atoms with van der Waals surface area (Å²) in [6, 6.07) is 4.06. The summed E-state index contributed by atoms with van der Waals surface area (Å²) < 4.78 is 16.6. The van der Waals surface area contributed by atoms with Crippen LogP contribution in [0.15, 0.2) is 30.7 Å². The lowest BCUT2D eigenvalue weighted by Gasteiger charge is -2.33. The number of aromatic nitrogens is 4. The Kier molecular flexibility index (Phi) is 5.46. The van der Waals surface area contributed by atoms with Gasteiger partial charge in [0.15, 0.2) is 17.3 Å². The van der Waals surface area contributed by atoms with Crippen molar-refractivity contribution in [3.05, 3.63) is 30.7 Å². The second-order valence-corrected chi connectivity index (χ2v) is 6.75. The van der Waals surface area contributed by atoms with E-state index in [1.165, 1.54) is 0 Å². The molecule has 0 unspecified atom stereocenters. The van der Waals surface area contributed by atoms with E-state index in [2.05, 4.69) is 30.4 Å². The maximum absolute atomic E-state index is 5.60. The average Bonchev–Trinajstić information content (AvgIpc) is 2.78. The topological polar surface area (TPSA) is 94.5 Å². The predicted molar refractivity (Wildman–Crippen MR) is 110 cm³/mol. The van der Waals surface area contributed by atoms with Gasteiger partial charge in [0.1, 0.15) is 0 Å². The molecular weight excluding hydrogens is 372 g/mol. The molecule has 0 spiro atoms. The van der Waals surface area contributed by atoms with Gasteiger partial charge in [0, 0.05) is 36.9 Å². The first-order chi connectivity index (χ1) is 14.2. The molecule has 0 amide bonds. The van der Waals surface area contributed by atoms with E-state index in [0.717, 1.165) is 42.5 Å². The number of piperidine rings is 1. The standard InChI is InChI=1S/C20H24N6O3/c1-27-16-11-14-15(17(28-2)18(16)29-3)12-23-25-19(14)26-9-5-13(6-10-26)24-20-21-7-4-8-22-20/h4,7-8,11-13H,5-6,9-10H2,1-3H3,(H,21,22,24). The fourth-order valence-electron chi connectivity index (χ4n) is 3.71. The van der Waals surface area contributed by atoms with Crippen LogP contribution in [0.3, 0.4) is 0 Å². The Bertz CT molecular complexity index is 977. The third-order valence-electron chi connectivity index (χ3n) is 5.14. The third-order valence-corrected chi connectivity index (χ3v) is 5.14. The van der Waals surface area contributed by atoms with Crippen LogP contribution in [0.1, 0.15) is 12.8 Å². The van der Waals surface area contributed by atoms with Gasteiger partial charge in [0.25, 0.3) is 0 Å². The first-order valence-corrected chi connectivity index (χ1v) is 9.48. The van der Waals surface area contributed by atoms with Gasteiger partial charge in [-0.25, -0.2) is 9.97 Å². The minimum atomic E-state index is 0.320. The van der Waals surface area contributed by atoms with Gasteiger partial charge in [0.05, 0.1) is 32.9 Å². The highest BCUT2D eigenvalue weighted by molar-refractivity contribution is 5.99.